The van der Waals surface area contributed by atoms with Crippen molar-refractivity contribution in [1.29, 1.82) is 0 Å². The first kappa shape index (κ1) is 32.4. The molecule has 55 heavy (non-hydrogen) atoms. The minimum atomic E-state index is 0.687. The van der Waals surface area contributed by atoms with Crippen molar-refractivity contribution in [3.8, 4) is 33.8 Å². The minimum Gasteiger partial charge on any atom is -0.309 e. The molecule has 0 saturated carbocycles. The van der Waals surface area contributed by atoms with Crippen molar-refractivity contribution in [3.63, 3.8) is 0 Å². The van der Waals surface area contributed by atoms with Crippen LogP contribution < -0.4 is 0 Å². The van der Waals surface area contributed by atoms with Crippen molar-refractivity contribution in [2.24, 2.45) is 0 Å². The third-order valence-electron chi connectivity index (χ3n) is 10.7. The lowest BCUT2D eigenvalue weighted by Crippen LogP contribution is -2.00. The Balaban J connectivity index is 1.14. The van der Waals surface area contributed by atoms with Crippen LogP contribution in [0.5, 0.6) is 0 Å². The highest BCUT2D eigenvalue weighted by Gasteiger charge is 2.18. The fourth-order valence-corrected chi connectivity index (χ4v) is 8.11. The Kier molecular flexibility index (Phi) is 7.81. The first-order valence-electron chi connectivity index (χ1n) is 18.7. The summed E-state index contributed by atoms with van der Waals surface area (Å²) in [6, 6.07) is 58.7. The van der Waals surface area contributed by atoms with Gasteiger partial charge in [-0.1, -0.05) is 128 Å². The van der Waals surface area contributed by atoms with Gasteiger partial charge in [0.05, 0.1) is 33.3 Å². The Labute approximate surface area is 319 Å². The van der Waals surface area contributed by atoms with E-state index in [0.717, 1.165) is 50.1 Å². The molecule has 4 nitrogen and oxygen atoms in total. The molecule has 0 fully saturated rings. The van der Waals surface area contributed by atoms with E-state index in [1.54, 1.807) is 6.08 Å². The van der Waals surface area contributed by atoms with Crippen LogP contribution in [0.15, 0.2) is 195 Å². The van der Waals surface area contributed by atoms with Crippen molar-refractivity contribution in [2.75, 3.05) is 0 Å². The van der Waals surface area contributed by atoms with Crippen LogP contribution in [-0.2, 0) is 0 Å². The zero-order valence-electron chi connectivity index (χ0n) is 30.4. The smallest absolute Gasteiger partial charge is 0.160 e. The summed E-state index contributed by atoms with van der Waals surface area (Å²) >= 11 is 0. The Bertz CT molecular complexity index is 3160. The monoisotopic (exact) mass is 704 g/mol. The van der Waals surface area contributed by atoms with Gasteiger partial charge < -0.3 is 9.13 Å². The van der Waals surface area contributed by atoms with Crippen molar-refractivity contribution >= 4 is 60.1 Å². The molecule has 0 aliphatic carbocycles. The number of aromatic nitrogens is 4. The molecule has 3 heterocycles. The molecule has 10 rings (SSSR count). The minimum absolute atomic E-state index is 0.687. The van der Waals surface area contributed by atoms with Gasteiger partial charge in [0.2, 0.25) is 0 Å². The van der Waals surface area contributed by atoms with Crippen LogP contribution >= 0.6 is 0 Å². The second-order valence-electron chi connectivity index (χ2n) is 13.8. The van der Waals surface area contributed by atoms with E-state index in [9.17, 15) is 0 Å². The summed E-state index contributed by atoms with van der Waals surface area (Å²) in [6.45, 7) is 5.86. The predicted octanol–water partition coefficient (Wildman–Crippen LogP) is 13.3. The molecule has 0 atom stereocenters. The molecule has 0 amide bonds. The zero-order chi connectivity index (χ0) is 36.9. The summed E-state index contributed by atoms with van der Waals surface area (Å²) in [5.74, 6) is 0.687. The van der Waals surface area contributed by atoms with Gasteiger partial charge in [-0.2, -0.15) is 0 Å². The summed E-state index contributed by atoms with van der Waals surface area (Å²) in [5.41, 5.74) is 13.1. The molecule has 0 saturated heterocycles. The molecule has 0 bridgehead atoms. The van der Waals surface area contributed by atoms with Gasteiger partial charge in [0.1, 0.15) is 0 Å². The lowest BCUT2D eigenvalue weighted by atomic mass is 10.0. The standard InChI is InChI=1S/C51H36N4/c1-3-5-16-34(4-2)51-52-45-28-27-39(33-44(45)50(53-51)35-17-8-6-9-18-35)55-47-24-15-13-22-41(47)43-32-37(26-30-49(43)55)36-25-29-48-42(31-36)40-21-12-14-23-46(40)54(48)38-19-10-7-11-20-38/h3-33H,1H2,2H3/b16-5-,34-4+. The average molecular weight is 705 g/mol. The van der Waals surface area contributed by atoms with Gasteiger partial charge in [-0.25, -0.2) is 9.97 Å². The zero-order valence-corrected chi connectivity index (χ0v) is 30.4. The van der Waals surface area contributed by atoms with Gasteiger partial charge in [-0.05, 0) is 84.8 Å². The van der Waals surface area contributed by atoms with E-state index < -0.39 is 0 Å². The van der Waals surface area contributed by atoms with Crippen LogP contribution in [0, 0.1) is 0 Å². The second kappa shape index (κ2) is 13.3. The van der Waals surface area contributed by atoms with Crippen LogP contribution in [0.2, 0.25) is 0 Å². The van der Waals surface area contributed by atoms with Crippen LogP contribution in [-0.4, -0.2) is 19.1 Å². The topological polar surface area (TPSA) is 35.6 Å². The summed E-state index contributed by atoms with van der Waals surface area (Å²) in [6.07, 6.45) is 7.74. The van der Waals surface area contributed by atoms with Gasteiger partial charge in [0, 0.05) is 49.4 Å². The third-order valence-corrected chi connectivity index (χ3v) is 10.7. The van der Waals surface area contributed by atoms with E-state index in [4.69, 9.17) is 9.97 Å². The van der Waals surface area contributed by atoms with Crippen LogP contribution in [0.3, 0.4) is 0 Å². The number of fused-ring (bicyclic) bond motifs is 7. The van der Waals surface area contributed by atoms with Crippen molar-refractivity contribution < 1.29 is 0 Å². The molecule has 0 aliphatic rings. The number of rotatable bonds is 7. The fraction of sp³-hybridized carbons (Fsp3) is 0.0196. The molecule has 0 radical (unpaired) electrons. The van der Waals surface area contributed by atoms with E-state index in [1.165, 1.54) is 43.7 Å². The maximum atomic E-state index is 5.17. The van der Waals surface area contributed by atoms with Gasteiger partial charge in [-0.3, -0.25) is 0 Å². The van der Waals surface area contributed by atoms with Crippen molar-refractivity contribution in [2.45, 2.75) is 6.92 Å². The van der Waals surface area contributed by atoms with Crippen molar-refractivity contribution in [1.82, 2.24) is 19.1 Å². The van der Waals surface area contributed by atoms with E-state index in [-0.39, 0.29) is 0 Å². The summed E-state index contributed by atoms with van der Waals surface area (Å²) in [5, 5.41) is 5.91. The highest BCUT2D eigenvalue weighted by atomic mass is 15.0. The summed E-state index contributed by atoms with van der Waals surface area (Å²) < 4.78 is 4.74. The molecule has 7 aromatic carbocycles. The molecular weight excluding hydrogens is 669 g/mol. The Hall–Kier alpha value is -7.30. The Morgan fingerprint density at radius 3 is 1.67 bits per heavy atom. The molecule has 0 spiro atoms. The highest BCUT2D eigenvalue weighted by molar-refractivity contribution is 6.13. The SMILES string of the molecule is C=C/C=C\C(=C/C)c1nc(-c2ccccc2)c2cc(-n3c4ccccc4c4cc(-c5ccc6c(c5)c5ccccc5n6-c5ccccc5)ccc43)ccc2n1. The number of nitrogens with zero attached hydrogens (tertiary/aromatic N) is 4. The van der Waals surface area contributed by atoms with Gasteiger partial charge in [-0.15, -0.1) is 0 Å². The summed E-state index contributed by atoms with van der Waals surface area (Å²) in [4.78, 5) is 10.2. The van der Waals surface area contributed by atoms with Gasteiger partial charge >= 0.3 is 0 Å². The average Bonchev–Trinajstić information content (AvgIpc) is 3.76. The van der Waals surface area contributed by atoms with Crippen molar-refractivity contribution in [3.05, 3.63) is 200 Å². The number of hydrogen-bond acceptors (Lipinski definition) is 2. The fourth-order valence-electron chi connectivity index (χ4n) is 8.11. The number of para-hydroxylation sites is 3. The van der Waals surface area contributed by atoms with E-state index in [0.29, 0.717) is 5.82 Å². The molecule has 3 aromatic heterocycles. The lowest BCUT2D eigenvalue weighted by molar-refractivity contribution is 1.15. The first-order chi connectivity index (χ1) is 27.2. The first-order valence-corrected chi connectivity index (χ1v) is 18.7. The van der Waals surface area contributed by atoms with Crippen LogP contribution in [0.25, 0.3) is 93.8 Å². The highest BCUT2D eigenvalue weighted by Crippen LogP contribution is 2.39. The largest absolute Gasteiger partial charge is 0.309 e. The molecule has 0 unspecified atom stereocenters. The normalized spacial score (nSPS) is 12.2. The van der Waals surface area contributed by atoms with E-state index in [1.807, 2.05) is 31.2 Å². The Morgan fingerprint density at radius 1 is 0.491 bits per heavy atom. The number of allylic oxidation sites excluding steroid dienone is 5. The third kappa shape index (κ3) is 5.38. The second-order valence-corrected chi connectivity index (χ2v) is 13.8. The molecule has 0 aliphatic heterocycles. The molecular formula is C51H36N4. The van der Waals surface area contributed by atoms with Crippen LogP contribution in [0.1, 0.15) is 12.7 Å². The number of hydrogen-bond donors (Lipinski definition) is 0. The molecule has 10 aromatic rings. The molecule has 4 heteroatoms. The molecule has 0 N–H and O–H groups in total. The van der Waals surface area contributed by atoms with E-state index >= 15 is 0 Å². The van der Waals surface area contributed by atoms with Gasteiger partial charge in [0.25, 0.3) is 0 Å². The van der Waals surface area contributed by atoms with Gasteiger partial charge in [0.15, 0.2) is 5.82 Å². The quantitative estimate of drug-likeness (QED) is 0.155. The number of benzene rings is 7. The maximum absolute atomic E-state index is 5.17. The predicted molar refractivity (Wildman–Crippen MR) is 232 cm³/mol. The molecule has 260 valence electrons. The van der Waals surface area contributed by atoms with E-state index in [2.05, 4.69) is 173 Å². The Morgan fingerprint density at radius 2 is 1.05 bits per heavy atom. The lowest BCUT2D eigenvalue weighted by Gasteiger charge is -2.13. The van der Waals surface area contributed by atoms with Crippen LogP contribution in [0.4, 0.5) is 0 Å². The maximum Gasteiger partial charge on any atom is 0.160 e. The summed E-state index contributed by atoms with van der Waals surface area (Å²) in [7, 11) is 0.